The van der Waals surface area contributed by atoms with Crippen LogP contribution in [0.15, 0.2) is 24.3 Å². The van der Waals surface area contributed by atoms with Gasteiger partial charge in [-0.1, -0.05) is 51.9 Å². The van der Waals surface area contributed by atoms with Crippen LogP contribution in [0, 0.1) is 0 Å². The molecule has 0 aliphatic heterocycles. The van der Waals surface area contributed by atoms with Crippen molar-refractivity contribution in [2.75, 3.05) is 17.6 Å². The molecular formula is C17H29NO3S. The van der Waals surface area contributed by atoms with Gasteiger partial charge in [-0.15, -0.1) is 0 Å². The van der Waals surface area contributed by atoms with E-state index in [1.807, 2.05) is 0 Å². The summed E-state index contributed by atoms with van der Waals surface area (Å²) in [5, 5.41) is 0. The molecule has 0 atom stereocenters. The first kappa shape index (κ1) is 18.8. The van der Waals surface area contributed by atoms with Gasteiger partial charge in [-0.2, -0.15) is 0 Å². The zero-order valence-electron chi connectivity index (χ0n) is 13.8. The Morgan fingerprint density at radius 3 is 2.00 bits per heavy atom. The first-order valence-corrected chi connectivity index (χ1v) is 9.87. The molecule has 1 N–H and O–H groups in total. The van der Waals surface area contributed by atoms with Gasteiger partial charge < -0.3 is 4.74 Å². The third-order valence-corrected chi connectivity index (χ3v) is 5.00. The molecule has 0 aliphatic rings. The lowest BCUT2D eigenvalue weighted by Crippen LogP contribution is -2.16. The normalized spacial score (nSPS) is 11.4. The lowest BCUT2D eigenvalue weighted by atomic mass is 10.1. The zero-order chi connectivity index (χ0) is 16.3. The number of unbranched alkanes of at least 4 members (excludes halogenated alkanes) is 7. The summed E-state index contributed by atoms with van der Waals surface area (Å²) in [4.78, 5) is 0. The summed E-state index contributed by atoms with van der Waals surface area (Å²) in [5.41, 5.74) is 0.584. The van der Waals surface area contributed by atoms with E-state index in [4.69, 9.17) is 4.74 Å². The molecule has 1 aromatic carbocycles. The first-order chi connectivity index (χ1) is 10.6. The highest BCUT2D eigenvalue weighted by Crippen LogP contribution is 2.17. The van der Waals surface area contributed by atoms with Gasteiger partial charge in [0.2, 0.25) is 10.0 Å². The molecule has 0 spiro atoms. The van der Waals surface area contributed by atoms with Crippen LogP contribution >= 0.6 is 0 Å². The van der Waals surface area contributed by atoms with Gasteiger partial charge in [0, 0.05) is 5.69 Å². The third kappa shape index (κ3) is 8.27. The van der Waals surface area contributed by atoms with E-state index in [-0.39, 0.29) is 5.75 Å². The number of nitrogens with one attached hydrogen (secondary N) is 1. The molecule has 22 heavy (non-hydrogen) atoms. The monoisotopic (exact) mass is 327 g/mol. The molecule has 0 saturated heterocycles. The third-order valence-electron chi connectivity index (χ3n) is 3.63. The highest BCUT2D eigenvalue weighted by atomic mass is 32.2. The number of hydrogen-bond donors (Lipinski definition) is 1. The molecule has 0 aliphatic carbocycles. The van der Waals surface area contributed by atoms with Crippen molar-refractivity contribution in [3.8, 4) is 5.75 Å². The summed E-state index contributed by atoms with van der Waals surface area (Å²) >= 11 is 0. The number of methoxy groups -OCH3 is 1. The van der Waals surface area contributed by atoms with Crippen molar-refractivity contribution in [2.24, 2.45) is 0 Å². The van der Waals surface area contributed by atoms with Crippen LogP contribution in [0.1, 0.15) is 58.3 Å². The second-order valence-corrected chi connectivity index (χ2v) is 7.47. The van der Waals surface area contributed by atoms with Gasteiger partial charge in [0.15, 0.2) is 0 Å². The molecule has 126 valence electrons. The zero-order valence-corrected chi connectivity index (χ0v) is 14.6. The minimum atomic E-state index is -3.25. The molecule has 5 heteroatoms. The molecule has 1 aromatic rings. The highest BCUT2D eigenvalue weighted by Gasteiger charge is 2.09. The summed E-state index contributed by atoms with van der Waals surface area (Å²) in [6.45, 7) is 2.21. The standard InChI is InChI=1S/C17H29NO3S/c1-3-4-5-6-7-8-9-10-15-22(19,20)18-16-11-13-17(21-2)14-12-16/h11-14,18H,3-10,15H2,1-2H3. The molecule has 0 aromatic heterocycles. The van der Waals surface area contributed by atoms with Crippen LogP contribution in [-0.2, 0) is 10.0 Å². The first-order valence-electron chi connectivity index (χ1n) is 8.22. The van der Waals surface area contributed by atoms with Gasteiger partial charge in [0.25, 0.3) is 0 Å². The summed E-state index contributed by atoms with van der Waals surface area (Å²) in [5.74, 6) is 0.902. The summed E-state index contributed by atoms with van der Waals surface area (Å²) in [7, 11) is -1.66. The Morgan fingerprint density at radius 2 is 1.45 bits per heavy atom. The Hall–Kier alpha value is -1.23. The fourth-order valence-corrected chi connectivity index (χ4v) is 3.50. The molecule has 0 heterocycles. The van der Waals surface area contributed by atoms with E-state index in [1.54, 1.807) is 31.4 Å². The predicted octanol–water partition coefficient (Wildman–Crippen LogP) is 4.58. The van der Waals surface area contributed by atoms with Crippen molar-refractivity contribution in [3.63, 3.8) is 0 Å². The minimum absolute atomic E-state index is 0.188. The average Bonchev–Trinajstić information content (AvgIpc) is 2.50. The number of sulfonamides is 1. The Kier molecular flexibility index (Phi) is 8.97. The second-order valence-electron chi connectivity index (χ2n) is 5.62. The van der Waals surface area contributed by atoms with Crippen molar-refractivity contribution in [2.45, 2.75) is 58.3 Å². The van der Waals surface area contributed by atoms with Crippen LogP contribution in [0.4, 0.5) is 5.69 Å². The van der Waals surface area contributed by atoms with Gasteiger partial charge in [-0.05, 0) is 30.7 Å². The number of anilines is 1. The van der Waals surface area contributed by atoms with E-state index >= 15 is 0 Å². The molecule has 0 unspecified atom stereocenters. The van der Waals surface area contributed by atoms with Gasteiger partial charge in [-0.25, -0.2) is 8.42 Å². The second kappa shape index (κ2) is 10.5. The topological polar surface area (TPSA) is 55.4 Å². The average molecular weight is 327 g/mol. The van der Waals surface area contributed by atoms with Crippen LogP contribution in [0.25, 0.3) is 0 Å². The molecule has 0 radical (unpaired) electrons. The Bertz CT molecular complexity index is 497. The van der Waals surface area contributed by atoms with E-state index < -0.39 is 10.0 Å². The summed E-state index contributed by atoms with van der Waals surface area (Å²) < 4.78 is 31.6. The largest absolute Gasteiger partial charge is 0.497 e. The molecule has 4 nitrogen and oxygen atoms in total. The van der Waals surface area contributed by atoms with Crippen LogP contribution in [0.3, 0.4) is 0 Å². The fourth-order valence-electron chi connectivity index (χ4n) is 2.32. The summed E-state index contributed by atoms with van der Waals surface area (Å²) in [6, 6.07) is 6.91. The van der Waals surface area contributed by atoms with Crippen molar-refractivity contribution >= 4 is 15.7 Å². The van der Waals surface area contributed by atoms with E-state index in [2.05, 4.69) is 11.6 Å². The van der Waals surface area contributed by atoms with E-state index in [9.17, 15) is 8.42 Å². The fraction of sp³-hybridized carbons (Fsp3) is 0.647. The Labute approximate surface area is 135 Å². The maximum Gasteiger partial charge on any atom is 0.232 e. The lowest BCUT2D eigenvalue weighted by Gasteiger charge is -2.08. The van der Waals surface area contributed by atoms with Crippen LogP contribution in [0.5, 0.6) is 5.75 Å². The van der Waals surface area contributed by atoms with E-state index in [1.165, 1.54) is 32.1 Å². The van der Waals surface area contributed by atoms with Crippen LogP contribution in [-0.4, -0.2) is 21.3 Å². The Morgan fingerprint density at radius 1 is 0.909 bits per heavy atom. The Balaban J connectivity index is 2.20. The van der Waals surface area contributed by atoms with E-state index in [0.29, 0.717) is 11.4 Å². The molecule has 0 fully saturated rings. The quantitative estimate of drug-likeness (QED) is 0.572. The minimum Gasteiger partial charge on any atom is -0.497 e. The molecule has 0 saturated carbocycles. The van der Waals surface area contributed by atoms with Gasteiger partial charge in [0.05, 0.1) is 12.9 Å². The van der Waals surface area contributed by atoms with Gasteiger partial charge in [0.1, 0.15) is 5.75 Å². The van der Waals surface area contributed by atoms with Crippen molar-refractivity contribution in [1.29, 1.82) is 0 Å². The van der Waals surface area contributed by atoms with Crippen molar-refractivity contribution in [3.05, 3.63) is 24.3 Å². The molecule has 0 amide bonds. The highest BCUT2D eigenvalue weighted by molar-refractivity contribution is 7.92. The van der Waals surface area contributed by atoms with Gasteiger partial charge >= 0.3 is 0 Å². The molecule has 0 bridgehead atoms. The predicted molar refractivity (Wildman–Crippen MR) is 93.0 cm³/mol. The summed E-state index contributed by atoms with van der Waals surface area (Å²) in [6.07, 6.45) is 9.18. The lowest BCUT2D eigenvalue weighted by molar-refractivity contribution is 0.415. The smallest absolute Gasteiger partial charge is 0.232 e. The molecule has 1 rings (SSSR count). The van der Waals surface area contributed by atoms with E-state index in [0.717, 1.165) is 19.3 Å². The van der Waals surface area contributed by atoms with Crippen LogP contribution in [0.2, 0.25) is 0 Å². The molecular weight excluding hydrogens is 298 g/mol. The number of rotatable bonds is 12. The van der Waals surface area contributed by atoms with Crippen molar-refractivity contribution in [1.82, 2.24) is 0 Å². The van der Waals surface area contributed by atoms with Gasteiger partial charge in [-0.3, -0.25) is 4.72 Å². The van der Waals surface area contributed by atoms with Crippen molar-refractivity contribution < 1.29 is 13.2 Å². The van der Waals surface area contributed by atoms with Crippen LogP contribution < -0.4 is 9.46 Å². The SMILES string of the molecule is CCCCCCCCCCS(=O)(=O)Nc1ccc(OC)cc1. The maximum atomic E-state index is 12.0. The number of ether oxygens (including phenoxy) is 1. The number of benzene rings is 1. The number of hydrogen-bond acceptors (Lipinski definition) is 3. The maximum absolute atomic E-state index is 12.0.